The summed E-state index contributed by atoms with van der Waals surface area (Å²) in [6.45, 7) is 2.17. The molecule has 0 saturated carbocycles. The molecular formula is C4H9BrO4. The van der Waals surface area contributed by atoms with E-state index in [4.69, 9.17) is 19.8 Å². The average Bonchev–Trinajstić information content (AvgIpc) is 1.25. The summed E-state index contributed by atoms with van der Waals surface area (Å²) in [4.78, 5) is 18.0. The highest BCUT2D eigenvalue weighted by atomic mass is 79.9. The van der Waals surface area contributed by atoms with E-state index in [9.17, 15) is 0 Å². The number of halogens is 1. The van der Waals surface area contributed by atoms with Crippen molar-refractivity contribution in [2.45, 2.75) is 13.8 Å². The summed E-state index contributed by atoms with van der Waals surface area (Å²) >= 11 is 0. The Morgan fingerprint density at radius 2 is 1.00 bits per heavy atom. The van der Waals surface area contributed by atoms with Crippen LogP contribution in [0.2, 0.25) is 0 Å². The highest BCUT2D eigenvalue weighted by molar-refractivity contribution is 8.93. The minimum absolute atomic E-state index is 0. The van der Waals surface area contributed by atoms with Crippen molar-refractivity contribution in [3.8, 4) is 0 Å². The van der Waals surface area contributed by atoms with Gasteiger partial charge in [0, 0.05) is 13.8 Å². The van der Waals surface area contributed by atoms with Gasteiger partial charge in [-0.15, -0.1) is 17.0 Å². The molecule has 0 aromatic carbocycles. The molecule has 9 heavy (non-hydrogen) atoms. The Bertz CT molecular complexity index is 70.6. The van der Waals surface area contributed by atoms with Crippen LogP contribution in [-0.2, 0) is 9.59 Å². The second-order valence-electron chi connectivity index (χ2n) is 1.04. The number of carboxylic acids is 2. The van der Waals surface area contributed by atoms with Gasteiger partial charge in [-0.3, -0.25) is 9.59 Å². The van der Waals surface area contributed by atoms with Crippen LogP contribution in [0.5, 0.6) is 0 Å². The molecule has 4 nitrogen and oxygen atoms in total. The molecule has 0 heterocycles. The predicted octanol–water partition coefficient (Wildman–Crippen LogP) is 0.760. The van der Waals surface area contributed by atoms with Gasteiger partial charge in [-0.05, 0) is 0 Å². The van der Waals surface area contributed by atoms with Gasteiger partial charge in [-0.2, -0.15) is 0 Å². The molecule has 0 aliphatic heterocycles. The highest BCUT2D eigenvalue weighted by Crippen LogP contribution is 1.42. The Hall–Kier alpha value is -0.580. The third kappa shape index (κ3) is 648. The van der Waals surface area contributed by atoms with E-state index in [2.05, 4.69) is 0 Å². The van der Waals surface area contributed by atoms with Crippen LogP contribution in [0.15, 0.2) is 0 Å². The molecule has 0 spiro atoms. The maximum atomic E-state index is 9.00. The summed E-state index contributed by atoms with van der Waals surface area (Å²) < 4.78 is 0. The van der Waals surface area contributed by atoms with Gasteiger partial charge in [0.25, 0.3) is 11.9 Å². The molecule has 56 valence electrons. The Labute approximate surface area is 63.3 Å². The molecule has 0 fully saturated rings. The third-order valence-corrected chi connectivity index (χ3v) is 0. The molecule has 0 saturated heterocycles. The number of hydrogen-bond acceptors (Lipinski definition) is 2. The predicted molar refractivity (Wildman–Crippen MR) is 36.9 cm³/mol. The van der Waals surface area contributed by atoms with Crippen LogP contribution in [0.25, 0.3) is 0 Å². The van der Waals surface area contributed by atoms with E-state index in [-0.39, 0.29) is 17.0 Å². The van der Waals surface area contributed by atoms with Gasteiger partial charge in [0.15, 0.2) is 0 Å². The number of hydrogen-bond donors (Lipinski definition) is 2. The molecule has 0 bridgehead atoms. The lowest BCUT2D eigenvalue weighted by molar-refractivity contribution is -0.135. The Kier molecular flexibility index (Phi) is 18.3. The first-order chi connectivity index (χ1) is 3.46. The molecule has 0 amide bonds. The summed E-state index contributed by atoms with van der Waals surface area (Å²) in [5.41, 5.74) is 0. The molecule has 0 unspecified atom stereocenters. The second-order valence-corrected chi connectivity index (χ2v) is 1.04. The van der Waals surface area contributed by atoms with Crippen molar-refractivity contribution in [3.05, 3.63) is 0 Å². The molecule has 0 aromatic heterocycles. The van der Waals surface area contributed by atoms with Crippen LogP contribution < -0.4 is 0 Å². The molecule has 0 aliphatic rings. The Morgan fingerprint density at radius 3 is 1.00 bits per heavy atom. The first-order valence-corrected chi connectivity index (χ1v) is 1.86. The highest BCUT2D eigenvalue weighted by Gasteiger charge is 1.65. The van der Waals surface area contributed by atoms with Crippen molar-refractivity contribution >= 4 is 28.9 Å². The van der Waals surface area contributed by atoms with Crippen molar-refractivity contribution < 1.29 is 19.8 Å². The first kappa shape index (κ1) is 15.8. The lowest BCUT2D eigenvalue weighted by atomic mass is 10.9. The molecule has 5 heteroatoms. The molecule has 0 aromatic rings. The van der Waals surface area contributed by atoms with Gasteiger partial charge < -0.3 is 10.2 Å². The van der Waals surface area contributed by atoms with E-state index in [1.54, 1.807) is 0 Å². The fourth-order valence-corrected chi connectivity index (χ4v) is 0. The van der Waals surface area contributed by atoms with Gasteiger partial charge in [0.05, 0.1) is 0 Å². The van der Waals surface area contributed by atoms with Gasteiger partial charge in [-0.1, -0.05) is 0 Å². The van der Waals surface area contributed by atoms with Crippen LogP contribution in [0.1, 0.15) is 13.8 Å². The maximum Gasteiger partial charge on any atom is 0.300 e. The number of aliphatic carboxylic acids is 2. The van der Waals surface area contributed by atoms with E-state index in [0.717, 1.165) is 13.8 Å². The quantitative estimate of drug-likeness (QED) is 0.606. The summed E-state index contributed by atoms with van der Waals surface area (Å²) in [5, 5.41) is 14.8. The second kappa shape index (κ2) is 10.4. The van der Waals surface area contributed by atoms with Crippen LogP contribution >= 0.6 is 17.0 Å². The molecular weight excluding hydrogens is 192 g/mol. The van der Waals surface area contributed by atoms with Gasteiger partial charge >= 0.3 is 0 Å². The zero-order valence-electron chi connectivity index (χ0n) is 5.12. The molecule has 2 N–H and O–H groups in total. The van der Waals surface area contributed by atoms with Crippen LogP contribution in [0.4, 0.5) is 0 Å². The normalized spacial score (nSPS) is 5.56. The van der Waals surface area contributed by atoms with Crippen LogP contribution in [0.3, 0.4) is 0 Å². The molecule has 0 rings (SSSR count). The summed E-state index contributed by atoms with van der Waals surface area (Å²) in [6, 6.07) is 0. The Balaban J connectivity index is -0.0000000720. The van der Waals surface area contributed by atoms with Crippen molar-refractivity contribution in [2.24, 2.45) is 0 Å². The van der Waals surface area contributed by atoms with Crippen LogP contribution in [0, 0.1) is 0 Å². The smallest absolute Gasteiger partial charge is 0.300 e. The largest absolute Gasteiger partial charge is 0.481 e. The average molecular weight is 201 g/mol. The molecule has 0 radical (unpaired) electrons. The topological polar surface area (TPSA) is 74.6 Å². The zero-order chi connectivity index (χ0) is 7.15. The van der Waals surface area contributed by atoms with Gasteiger partial charge in [-0.25, -0.2) is 0 Å². The van der Waals surface area contributed by atoms with E-state index >= 15 is 0 Å². The zero-order valence-corrected chi connectivity index (χ0v) is 6.83. The maximum absolute atomic E-state index is 9.00. The number of carbonyl (C=O) groups is 2. The summed E-state index contributed by atoms with van der Waals surface area (Å²) in [5.74, 6) is -1.67. The molecule has 0 aliphatic carbocycles. The van der Waals surface area contributed by atoms with Crippen molar-refractivity contribution in [2.75, 3.05) is 0 Å². The van der Waals surface area contributed by atoms with Crippen molar-refractivity contribution in [1.29, 1.82) is 0 Å². The molecule has 0 atom stereocenters. The van der Waals surface area contributed by atoms with Crippen molar-refractivity contribution in [3.63, 3.8) is 0 Å². The van der Waals surface area contributed by atoms with E-state index < -0.39 is 11.9 Å². The minimum atomic E-state index is -0.833. The minimum Gasteiger partial charge on any atom is -0.481 e. The van der Waals surface area contributed by atoms with E-state index in [1.807, 2.05) is 0 Å². The third-order valence-electron chi connectivity index (χ3n) is 0. The van der Waals surface area contributed by atoms with Gasteiger partial charge in [0.2, 0.25) is 0 Å². The van der Waals surface area contributed by atoms with E-state index in [0.29, 0.717) is 0 Å². The summed E-state index contributed by atoms with van der Waals surface area (Å²) in [7, 11) is 0. The number of carboxylic acid groups (broad SMARTS) is 2. The van der Waals surface area contributed by atoms with Gasteiger partial charge in [0.1, 0.15) is 0 Å². The van der Waals surface area contributed by atoms with E-state index in [1.165, 1.54) is 0 Å². The summed E-state index contributed by atoms with van der Waals surface area (Å²) in [6.07, 6.45) is 0. The van der Waals surface area contributed by atoms with Crippen molar-refractivity contribution in [1.82, 2.24) is 0 Å². The SMILES string of the molecule is Br.CC(=O)O.CC(=O)O. The lowest BCUT2D eigenvalue weighted by Gasteiger charge is -1.59. The lowest BCUT2D eigenvalue weighted by Crippen LogP contribution is -1.78. The first-order valence-electron chi connectivity index (χ1n) is 1.86. The standard InChI is InChI=1S/2C2H4O2.BrH/c2*1-2(3)4;/h2*1H3,(H,3,4);1H. The Morgan fingerprint density at radius 1 is 1.00 bits per heavy atom. The fraction of sp³-hybridized carbons (Fsp3) is 0.500. The number of rotatable bonds is 0. The van der Waals surface area contributed by atoms with Crippen LogP contribution in [-0.4, -0.2) is 22.2 Å². The monoisotopic (exact) mass is 200 g/mol. The fourth-order valence-electron chi connectivity index (χ4n) is 0.